The van der Waals surface area contributed by atoms with Gasteiger partial charge in [-0.2, -0.15) is 16.6 Å². The standard InChI is InChI=1S/C22H22N4O2S/c1-14-12-29-13-20(14)18-9-15(26-7-5-25(2)6-8-26)3-4-17(18)19-10-16(11-23)28-21(19)22(24)27/h3-4,9-10,12-13H,5-8H2,1-2H3,(H2,24,27). The summed E-state index contributed by atoms with van der Waals surface area (Å²) in [5.74, 6) is -0.592. The lowest BCUT2D eigenvalue weighted by atomic mass is 9.93. The van der Waals surface area contributed by atoms with Crippen molar-refractivity contribution in [2.24, 2.45) is 5.73 Å². The van der Waals surface area contributed by atoms with Crippen LogP contribution in [-0.4, -0.2) is 44.0 Å². The number of likely N-dealkylation sites (N-methyl/N-ethyl adjacent to an activating group) is 1. The van der Waals surface area contributed by atoms with Gasteiger partial charge in [0.2, 0.25) is 11.5 Å². The summed E-state index contributed by atoms with van der Waals surface area (Å²) < 4.78 is 5.39. The van der Waals surface area contributed by atoms with E-state index in [-0.39, 0.29) is 11.5 Å². The van der Waals surface area contributed by atoms with Crippen molar-refractivity contribution < 1.29 is 9.21 Å². The minimum Gasteiger partial charge on any atom is -0.440 e. The Morgan fingerprint density at radius 3 is 2.48 bits per heavy atom. The first kappa shape index (κ1) is 19.2. The van der Waals surface area contributed by atoms with E-state index in [0.29, 0.717) is 5.56 Å². The summed E-state index contributed by atoms with van der Waals surface area (Å²) in [4.78, 5) is 16.6. The van der Waals surface area contributed by atoms with Crippen LogP contribution in [0.2, 0.25) is 0 Å². The molecule has 0 unspecified atom stereocenters. The van der Waals surface area contributed by atoms with Crippen LogP contribution in [-0.2, 0) is 0 Å². The Labute approximate surface area is 173 Å². The van der Waals surface area contributed by atoms with Gasteiger partial charge in [0.15, 0.2) is 0 Å². The summed E-state index contributed by atoms with van der Waals surface area (Å²) in [6.45, 7) is 6.05. The lowest BCUT2D eigenvalue weighted by Gasteiger charge is -2.34. The fourth-order valence-electron chi connectivity index (χ4n) is 3.72. The Kier molecular flexibility index (Phi) is 5.14. The average molecular weight is 407 g/mol. The maximum Gasteiger partial charge on any atom is 0.285 e. The number of nitriles is 1. The number of nitrogens with zero attached hydrogens (tertiary/aromatic N) is 3. The predicted molar refractivity (Wildman–Crippen MR) is 115 cm³/mol. The Morgan fingerprint density at radius 1 is 1.10 bits per heavy atom. The lowest BCUT2D eigenvalue weighted by Crippen LogP contribution is -2.44. The zero-order valence-electron chi connectivity index (χ0n) is 16.4. The number of amides is 1. The van der Waals surface area contributed by atoms with Crippen LogP contribution in [0.5, 0.6) is 0 Å². The number of carbonyl (C=O) groups is 1. The van der Waals surface area contributed by atoms with Crippen molar-refractivity contribution >= 4 is 22.9 Å². The van der Waals surface area contributed by atoms with Gasteiger partial charge in [-0.15, -0.1) is 0 Å². The molecule has 3 aromatic rings. The molecule has 0 saturated carbocycles. The molecule has 2 N–H and O–H groups in total. The first-order chi connectivity index (χ1) is 14.0. The highest BCUT2D eigenvalue weighted by Gasteiger charge is 2.23. The number of benzene rings is 1. The molecule has 4 rings (SSSR count). The number of primary amides is 1. The molecule has 1 aliphatic rings. The second-order valence-electron chi connectivity index (χ2n) is 7.32. The molecule has 148 valence electrons. The molecule has 1 amide bonds. The van der Waals surface area contributed by atoms with E-state index in [1.54, 1.807) is 17.4 Å². The van der Waals surface area contributed by atoms with Gasteiger partial charge in [-0.3, -0.25) is 4.79 Å². The molecule has 0 aliphatic carbocycles. The number of hydrogen-bond acceptors (Lipinski definition) is 6. The van der Waals surface area contributed by atoms with E-state index in [0.717, 1.165) is 54.1 Å². The average Bonchev–Trinajstić information content (AvgIpc) is 3.34. The molecule has 29 heavy (non-hydrogen) atoms. The van der Waals surface area contributed by atoms with Crippen molar-refractivity contribution in [1.29, 1.82) is 5.26 Å². The highest BCUT2D eigenvalue weighted by molar-refractivity contribution is 7.08. The fraction of sp³-hybridized carbons (Fsp3) is 0.273. The largest absolute Gasteiger partial charge is 0.440 e. The Balaban J connectivity index is 1.87. The number of anilines is 1. The molecule has 0 radical (unpaired) electrons. The maximum atomic E-state index is 11.9. The normalized spacial score (nSPS) is 14.7. The van der Waals surface area contributed by atoms with E-state index in [9.17, 15) is 10.1 Å². The number of carbonyl (C=O) groups excluding carboxylic acids is 1. The monoisotopic (exact) mass is 406 g/mol. The van der Waals surface area contributed by atoms with Crippen LogP contribution in [0.15, 0.2) is 39.4 Å². The highest BCUT2D eigenvalue weighted by Crippen LogP contribution is 2.40. The van der Waals surface area contributed by atoms with Gasteiger partial charge in [-0.05, 0) is 59.1 Å². The molecular formula is C22H22N4O2S. The van der Waals surface area contributed by atoms with Crippen molar-refractivity contribution in [3.05, 3.63) is 52.1 Å². The fourth-order valence-corrected chi connectivity index (χ4v) is 4.57. The summed E-state index contributed by atoms with van der Waals surface area (Å²) in [6, 6.07) is 9.78. The number of furan rings is 1. The SMILES string of the molecule is Cc1cscc1-c1cc(N2CCN(C)CC2)ccc1-c1cc(C#N)oc1C(N)=O. The summed E-state index contributed by atoms with van der Waals surface area (Å²) in [5.41, 5.74) is 11.3. The van der Waals surface area contributed by atoms with E-state index in [1.165, 1.54) is 0 Å². The minimum absolute atomic E-state index is 0.0167. The third-order valence-electron chi connectivity index (χ3n) is 5.37. The van der Waals surface area contributed by atoms with Gasteiger partial charge in [-0.25, -0.2) is 0 Å². The molecule has 2 aromatic heterocycles. The Hall–Kier alpha value is -3.08. The number of rotatable bonds is 4. The Morgan fingerprint density at radius 2 is 1.86 bits per heavy atom. The number of aryl methyl sites for hydroxylation is 1. The molecule has 0 bridgehead atoms. The zero-order chi connectivity index (χ0) is 20.5. The summed E-state index contributed by atoms with van der Waals surface area (Å²) in [7, 11) is 2.14. The van der Waals surface area contributed by atoms with Gasteiger partial charge in [0.1, 0.15) is 6.07 Å². The minimum atomic E-state index is -0.683. The third-order valence-corrected chi connectivity index (χ3v) is 6.23. The second kappa shape index (κ2) is 7.74. The molecule has 6 nitrogen and oxygen atoms in total. The van der Waals surface area contributed by atoms with E-state index in [2.05, 4.69) is 46.7 Å². The number of hydrogen-bond donors (Lipinski definition) is 1. The predicted octanol–water partition coefficient (Wildman–Crippen LogP) is 3.71. The second-order valence-corrected chi connectivity index (χ2v) is 8.06. The number of thiophene rings is 1. The van der Waals surface area contributed by atoms with Crippen molar-refractivity contribution in [3.8, 4) is 28.3 Å². The van der Waals surface area contributed by atoms with Gasteiger partial charge < -0.3 is 20.0 Å². The van der Waals surface area contributed by atoms with E-state index < -0.39 is 5.91 Å². The van der Waals surface area contributed by atoms with E-state index in [1.807, 2.05) is 12.1 Å². The lowest BCUT2D eigenvalue weighted by molar-refractivity contribution is 0.0974. The van der Waals surface area contributed by atoms with Crippen LogP contribution in [0, 0.1) is 18.3 Å². The molecule has 3 heterocycles. The van der Waals surface area contributed by atoms with Crippen molar-refractivity contribution in [3.63, 3.8) is 0 Å². The third kappa shape index (κ3) is 3.65. The van der Waals surface area contributed by atoms with Crippen molar-refractivity contribution in [1.82, 2.24) is 4.90 Å². The smallest absolute Gasteiger partial charge is 0.285 e. The van der Waals surface area contributed by atoms with E-state index >= 15 is 0 Å². The highest BCUT2D eigenvalue weighted by atomic mass is 32.1. The summed E-state index contributed by atoms with van der Waals surface area (Å²) in [5, 5.41) is 13.4. The maximum absolute atomic E-state index is 11.9. The van der Waals surface area contributed by atoms with Gasteiger partial charge >= 0.3 is 0 Å². The molecule has 1 saturated heterocycles. The molecule has 1 aliphatic heterocycles. The first-order valence-electron chi connectivity index (χ1n) is 9.42. The Bertz CT molecular complexity index is 1100. The number of piperazine rings is 1. The summed E-state index contributed by atoms with van der Waals surface area (Å²) in [6.07, 6.45) is 0. The van der Waals surface area contributed by atoms with Crippen LogP contribution in [0.1, 0.15) is 21.9 Å². The van der Waals surface area contributed by atoms with Crippen LogP contribution in [0.25, 0.3) is 22.3 Å². The van der Waals surface area contributed by atoms with Crippen LogP contribution in [0.4, 0.5) is 5.69 Å². The van der Waals surface area contributed by atoms with Crippen LogP contribution in [0.3, 0.4) is 0 Å². The van der Waals surface area contributed by atoms with Crippen LogP contribution >= 0.6 is 11.3 Å². The van der Waals surface area contributed by atoms with Crippen molar-refractivity contribution in [2.45, 2.75) is 6.92 Å². The quantitative estimate of drug-likeness (QED) is 0.714. The van der Waals surface area contributed by atoms with Gasteiger partial charge in [0.25, 0.3) is 5.91 Å². The van der Waals surface area contributed by atoms with Crippen LogP contribution < -0.4 is 10.6 Å². The topological polar surface area (TPSA) is 86.5 Å². The summed E-state index contributed by atoms with van der Waals surface area (Å²) >= 11 is 1.64. The molecule has 1 aromatic carbocycles. The molecule has 1 fully saturated rings. The first-order valence-corrected chi connectivity index (χ1v) is 10.4. The van der Waals surface area contributed by atoms with E-state index in [4.69, 9.17) is 10.2 Å². The number of nitrogens with two attached hydrogens (primary N) is 1. The van der Waals surface area contributed by atoms with Gasteiger partial charge in [-0.1, -0.05) is 6.07 Å². The van der Waals surface area contributed by atoms with Crippen molar-refractivity contribution in [2.75, 3.05) is 38.1 Å². The molecular weight excluding hydrogens is 384 g/mol. The van der Waals surface area contributed by atoms with Gasteiger partial charge in [0.05, 0.1) is 0 Å². The van der Waals surface area contributed by atoms with Gasteiger partial charge in [0, 0.05) is 43.5 Å². The molecule has 0 atom stereocenters. The molecule has 7 heteroatoms. The zero-order valence-corrected chi connectivity index (χ0v) is 17.3. The molecule has 0 spiro atoms.